The number of benzene rings is 2. The average molecular weight is 502 g/mol. The summed E-state index contributed by atoms with van der Waals surface area (Å²) in [7, 11) is 0. The maximum atomic E-state index is 12.5. The van der Waals surface area contributed by atoms with Crippen LogP contribution < -0.4 is 10.6 Å². The lowest BCUT2D eigenvalue weighted by atomic mass is 9.79. The number of hydrogen-bond donors (Lipinski definition) is 2. The van der Waals surface area contributed by atoms with E-state index in [-0.39, 0.29) is 22.3 Å². The maximum Gasteiger partial charge on any atom is 0.243 e. The molecule has 0 spiro atoms. The molecule has 2 amide bonds. The van der Waals surface area contributed by atoms with E-state index < -0.39 is 17.7 Å². The van der Waals surface area contributed by atoms with E-state index in [2.05, 4.69) is 32.6 Å². The van der Waals surface area contributed by atoms with E-state index >= 15 is 0 Å². The van der Waals surface area contributed by atoms with Crippen LogP contribution in [-0.2, 0) is 9.59 Å². The van der Waals surface area contributed by atoms with E-state index in [1.54, 1.807) is 48.5 Å². The van der Waals surface area contributed by atoms with Crippen LogP contribution in [0.25, 0.3) is 0 Å². The van der Waals surface area contributed by atoms with Crippen molar-refractivity contribution in [2.24, 2.45) is 5.92 Å². The van der Waals surface area contributed by atoms with E-state index in [9.17, 15) is 20.1 Å². The molecule has 30 heavy (non-hydrogen) atoms. The molecule has 0 bridgehead atoms. The summed E-state index contributed by atoms with van der Waals surface area (Å²) in [6.07, 6.45) is 0. The molecule has 1 aliphatic rings. The van der Waals surface area contributed by atoms with Gasteiger partial charge in [-0.05, 0) is 35.9 Å². The van der Waals surface area contributed by atoms with Gasteiger partial charge in [-0.15, -0.1) is 0 Å². The number of rotatable bonds is 5. The lowest BCUT2D eigenvalue weighted by molar-refractivity contribution is -0.123. The molecule has 150 valence electrons. The predicted molar refractivity (Wildman–Crippen MR) is 119 cm³/mol. The first-order chi connectivity index (χ1) is 14.4. The third-order valence-electron chi connectivity index (χ3n) is 4.38. The fraction of sp³-hybridized carbons (Fsp3) is 0.143. The summed E-state index contributed by atoms with van der Waals surface area (Å²) in [5.74, 6) is -2.75. The van der Waals surface area contributed by atoms with E-state index in [0.717, 1.165) is 16.2 Å². The molecule has 0 aromatic heterocycles. The van der Waals surface area contributed by atoms with Crippen molar-refractivity contribution in [1.82, 2.24) is 5.32 Å². The fourth-order valence-electron chi connectivity index (χ4n) is 3.01. The number of thioether (sulfide) groups is 1. The van der Waals surface area contributed by atoms with Crippen molar-refractivity contribution in [2.75, 3.05) is 11.1 Å². The van der Waals surface area contributed by atoms with Gasteiger partial charge < -0.3 is 10.6 Å². The Morgan fingerprint density at radius 3 is 2.53 bits per heavy atom. The molecular weight excluding hydrogens is 488 g/mol. The van der Waals surface area contributed by atoms with Crippen LogP contribution in [0.15, 0.2) is 63.6 Å². The summed E-state index contributed by atoms with van der Waals surface area (Å²) in [4.78, 5) is 24.8. The van der Waals surface area contributed by atoms with Crippen molar-refractivity contribution in [3.05, 3.63) is 74.2 Å². The quantitative estimate of drug-likeness (QED) is 0.624. The zero-order valence-corrected chi connectivity index (χ0v) is 18.5. The number of anilines is 1. The first kappa shape index (κ1) is 21.9. The Balaban J connectivity index is 1.85. The number of halogens is 2. The lowest BCUT2D eigenvalue weighted by Crippen LogP contribution is -2.39. The zero-order valence-electron chi connectivity index (χ0n) is 15.4. The second-order valence-corrected chi connectivity index (χ2v) is 8.60. The van der Waals surface area contributed by atoms with E-state index in [1.165, 1.54) is 0 Å². The Labute approximate surface area is 191 Å². The first-order valence-electron chi connectivity index (χ1n) is 8.72. The van der Waals surface area contributed by atoms with Crippen LogP contribution in [0, 0.1) is 28.6 Å². The lowest BCUT2D eigenvalue weighted by Gasteiger charge is -2.29. The molecule has 0 fully saturated rings. The highest BCUT2D eigenvalue weighted by Crippen LogP contribution is 2.41. The minimum absolute atomic E-state index is 0.0245. The van der Waals surface area contributed by atoms with Gasteiger partial charge in [0.25, 0.3) is 0 Å². The standard InChI is InChI=1S/C21H14BrClN4O2S/c22-12-5-7-13(8-6-12)26-18(28)11-30-21-16(10-25)19(15(9-24)20(29)27-21)14-3-1-2-4-17(14)23/h1-8,15,19H,11H2,(H,26,28)(H,27,29)/t15-,19+/m1/s1. The normalized spacial score (nSPS) is 18.2. The van der Waals surface area contributed by atoms with E-state index in [0.29, 0.717) is 16.3 Å². The minimum Gasteiger partial charge on any atom is -0.325 e. The Morgan fingerprint density at radius 1 is 1.20 bits per heavy atom. The van der Waals surface area contributed by atoms with Crippen LogP contribution in [0.5, 0.6) is 0 Å². The molecular formula is C21H14BrClN4O2S. The second kappa shape index (κ2) is 9.82. The van der Waals surface area contributed by atoms with Gasteiger partial charge in [-0.25, -0.2) is 0 Å². The number of nitrogens with zero attached hydrogens (tertiary/aromatic N) is 2. The van der Waals surface area contributed by atoms with Crippen molar-refractivity contribution in [3.8, 4) is 12.1 Å². The molecule has 2 aromatic rings. The number of nitriles is 2. The summed E-state index contributed by atoms with van der Waals surface area (Å²) in [6, 6.07) is 18.0. The molecule has 0 aliphatic carbocycles. The SMILES string of the molecule is N#CC1=C(SCC(=O)Nc2ccc(Br)cc2)NC(=O)[C@H](C#N)[C@@H]1c1ccccc1Cl. The smallest absolute Gasteiger partial charge is 0.243 e. The van der Waals surface area contributed by atoms with Gasteiger partial charge in [0.05, 0.1) is 28.5 Å². The first-order valence-corrected chi connectivity index (χ1v) is 10.9. The molecule has 1 aliphatic heterocycles. The third-order valence-corrected chi connectivity index (χ3v) is 6.27. The van der Waals surface area contributed by atoms with Gasteiger partial charge in [0, 0.05) is 21.1 Å². The van der Waals surface area contributed by atoms with Gasteiger partial charge in [-0.1, -0.05) is 57.5 Å². The van der Waals surface area contributed by atoms with Crippen LogP contribution in [0.3, 0.4) is 0 Å². The predicted octanol–water partition coefficient (Wildman–Crippen LogP) is 4.56. The highest BCUT2D eigenvalue weighted by atomic mass is 79.9. The third kappa shape index (κ3) is 4.85. The van der Waals surface area contributed by atoms with Crippen molar-refractivity contribution >= 4 is 56.8 Å². The fourth-order valence-corrected chi connectivity index (χ4v) is 4.38. The molecule has 3 rings (SSSR count). The number of carbonyl (C=O) groups excluding carboxylic acids is 2. The maximum absolute atomic E-state index is 12.5. The van der Waals surface area contributed by atoms with Gasteiger partial charge in [-0.3, -0.25) is 9.59 Å². The van der Waals surface area contributed by atoms with Crippen LogP contribution in [0.4, 0.5) is 5.69 Å². The number of hydrogen-bond acceptors (Lipinski definition) is 5. The van der Waals surface area contributed by atoms with Crippen molar-refractivity contribution in [2.45, 2.75) is 5.92 Å². The summed E-state index contributed by atoms with van der Waals surface area (Å²) < 4.78 is 0.890. The topological polar surface area (TPSA) is 106 Å². The molecule has 6 nitrogen and oxygen atoms in total. The van der Waals surface area contributed by atoms with Gasteiger partial charge in [-0.2, -0.15) is 10.5 Å². The van der Waals surface area contributed by atoms with Gasteiger partial charge in [0.2, 0.25) is 11.8 Å². The van der Waals surface area contributed by atoms with Crippen molar-refractivity contribution < 1.29 is 9.59 Å². The number of carbonyl (C=O) groups is 2. The Bertz CT molecular complexity index is 1110. The Hall–Kier alpha value is -2.78. The van der Waals surface area contributed by atoms with Crippen molar-refractivity contribution in [1.29, 1.82) is 10.5 Å². The summed E-state index contributed by atoms with van der Waals surface area (Å²) in [6.45, 7) is 0. The van der Waals surface area contributed by atoms with Gasteiger partial charge in [0.15, 0.2) is 0 Å². The molecule has 2 atom stereocenters. The highest BCUT2D eigenvalue weighted by Gasteiger charge is 2.40. The van der Waals surface area contributed by atoms with Crippen LogP contribution in [-0.4, -0.2) is 17.6 Å². The Kier molecular flexibility index (Phi) is 7.17. The minimum atomic E-state index is -1.10. The molecule has 0 saturated heterocycles. The molecule has 1 heterocycles. The highest BCUT2D eigenvalue weighted by molar-refractivity contribution is 9.10. The number of nitrogens with one attached hydrogen (secondary N) is 2. The van der Waals surface area contributed by atoms with Crippen LogP contribution in [0.2, 0.25) is 5.02 Å². The molecule has 2 aromatic carbocycles. The molecule has 0 radical (unpaired) electrons. The average Bonchev–Trinajstić information content (AvgIpc) is 2.74. The van der Waals surface area contributed by atoms with Gasteiger partial charge in [0.1, 0.15) is 5.92 Å². The number of amides is 2. The Morgan fingerprint density at radius 2 is 1.90 bits per heavy atom. The molecule has 2 N–H and O–H groups in total. The summed E-state index contributed by atoms with van der Waals surface area (Å²) >= 11 is 10.6. The summed E-state index contributed by atoms with van der Waals surface area (Å²) in [5.41, 5.74) is 1.36. The molecule has 0 unspecified atom stereocenters. The zero-order chi connectivity index (χ0) is 21.7. The molecule has 9 heteroatoms. The van der Waals surface area contributed by atoms with E-state index in [1.807, 2.05) is 6.07 Å². The van der Waals surface area contributed by atoms with Crippen molar-refractivity contribution in [3.63, 3.8) is 0 Å². The second-order valence-electron chi connectivity index (χ2n) is 6.29. The number of allylic oxidation sites excluding steroid dienone is 1. The van der Waals surface area contributed by atoms with E-state index in [4.69, 9.17) is 11.6 Å². The summed E-state index contributed by atoms with van der Waals surface area (Å²) in [5, 5.41) is 25.3. The largest absolute Gasteiger partial charge is 0.325 e. The van der Waals surface area contributed by atoms with Crippen LogP contribution >= 0.6 is 39.3 Å². The van der Waals surface area contributed by atoms with Crippen LogP contribution in [0.1, 0.15) is 11.5 Å². The van der Waals surface area contributed by atoms with Gasteiger partial charge >= 0.3 is 0 Å². The molecule has 0 saturated carbocycles. The monoisotopic (exact) mass is 500 g/mol.